The van der Waals surface area contributed by atoms with Gasteiger partial charge in [-0.3, -0.25) is 0 Å². The van der Waals surface area contributed by atoms with Crippen LogP contribution in [0.1, 0.15) is 19.3 Å². The molecule has 3 aliphatic heterocycles. The highest BCUT2D eigenvalue weighted by Crippen LogP contribution is 2.44. The Kier molecular flexibility index (Phi) is 2.18. The fourth-order valence-electron chi connectivity index (χ4n) is 3.46. The molecule has 4 fully saturated rings. The zero-order valence-electron chi connectivity index (χ0n) is 9.56. The summed E-state index contributed by atoms with van der Waals surface area (Å²) in [5.41, 5.74) is 0. The standard InChI is InChI=1S/C7H10N6O6/c14-11(15)8-4-1-5-3-6(2-4)10(13(18)19)7(8)9(5)12(16)17/h4-7H,1-3H2. The van der Waals surface area contributed by atoms with E-state index in [9.17, 15) is 30.3 Å². The van der Waals surface area contributed by atoms with Crippen LogP contribution < -0.4 is 0 Å². The van der Waals surface area contributed by atoms with Crippen LogP contribution >= 0.6 is 0 Å². The van der Waals surface area contributed by atoms with Crippen molar-refractivity contribution in [3.8, 4) is 0 Å². The smallest absolute Gasteiger partial charge is 0.235 e. The summed E-state index contributed by atoms with van der Waals surface area (Å²) in [6.45, 7) is 0. The first kappa shape index (κ1) is 11.7. The highest BCUT2D eigenvalue weighted by molar-refractivity contribution is 4.99. The topological polar surface area (TPSA) is 139 Å². The molecule has 0 aromatic carbocycles. The van der Waals surface area contributed by atoms with E-state index in [1.54, 1.807) is 0 Å². The molecule has 0 radical (unpaired) electrons. The van der Waals surface area contributed by atoms with Gasteiger partial charge in [-0.2, -0.15) is 0 Å². The Balaban J connectivity index is 2.06. The van der Waals surface area contributed by atoms with E-state index in [4.69, 9.17) is 0 Å². The molecule has 0 amide bonds. The van der Waals surface area contributed by atoms with Crippen molar-refractivity contribution < 1.29 is 15.1 Å². The van der Waals surface area contributed by atoms with Crippen molar-refractivity contribution in [2.75, 3.05) is 0 Å². The lowest BCUT2D eigenvalue weighted by atomic mass is 9.81. The maximum absolute atomic E-state index is 11.1. The second-order valence-electron chi connectivity index (χ2n) is 4.87. The minimum Gasteiger partial charge on any atom is -0.235 e. The predicted molar refractivity (Wildman–Crippen MR) is 55.5 cm³/mol. The average Bonchev–Trinajstić information content (AvgIpc) is 2.26. The molecule has 4 rings (SSSR count). The molecular formula is C7H10N6O6. The van der Waals surface area contributed by atoms with Crippen molar-refractivity contribution in [2.45, 2.75) is 43.7 Å². The van der Waals surface area contributed by atoms with E-state index in [0.29, 0.717) is 34.3 Å². The molecule has 0 aromatic heterocycles. The Morgan fingerprint density at radius 2 is 0.947 bits per heavy atom. The molecule has 104 valence electrons. The van der Waals surface area contributed by atoms with E-state index < -0.39 is 39.5 Å². The van der Waals surface area contributed by atoms with Crippen LogP contribution in [0.5, 0.6) is 0 Å². The second-order valence-corrected chi connectivity index (χ2v) is 4.87. The summed E-state index contributed by atoms with van der Waals surface area (Å²) < 4.78 is 0. The zero-order valence-corrected chi connectivity index (χ0v) is 9.56. The normalized spacial score (nSPS) is 35.7. The summed E-state index contributed by atoms with van der Waals surface area (Å²) in [7, 11) is 0. The van der Waals surface area contributed by atoms with Gasteiger partial charge < -0.3 is 0 Å². The summed E-state index contributed by atoms with van der Waals surface area (Å²) in [5, 5.41) is 32.8. The predicted octanol–water partition coefficient (Wildman–Crippen LogP) is -0.932. The summed E-state index contributed by atoms with van der Waals surface area (Å²) >= 11 is 0. The maximum atomic E-state index is 11.1. The first-order chi connectivity index (χ1) is 8.91. The lowest BCUT2D eigenvalue weighted by Gasteiger charge is -2.54. The van der Waals surface area contributed by atoms with Gasteiger partial charge in [0.05, 0.1) is 18.1 Å². The van der Waals surface area contributed by atoms with Gasteiger partial charge in [-0.05, 0) is 19.3 Å². The highest BCUT2D eigenvalue weighted by Gasteiger charge is 2.68. The number of hydrogen-bond acceptors (Lipinski definition) is 6. The number of hydrazine groups is 3. The van der Waals surface area contributed by atoms with Crippen molar-refractivity contribution >= 4 is 0 Å². The monoisotopic (exact) mass is 274 g/mol. The van der Waals surface area contributed by atoms with E-state index in [-0.39, 0.29) is 0 Å². The van der Waals surface area contributed by atoms with Crippen molar-refractivity contribution in [3.63, 3.8) is 0 Å². The molecule has 0 atom stereocenters. The minimum absolute atomic E-state index is 0.292. The Morgan fingerprint density at radius 1 is 0.684 bits per heavy atom. The van der Waals surface area contributed by atoms with E-state index in [1.165, 1.54) is 0 Å². The fourth-order valence-corrected chi connectivity index (χ4v) is 3.46. The number of hydrogen-bond donors (Lipinski definition) is 0. The van der Waals surface area contributed by atoms with Crippen LogP contribution in [0.25, 0.3) is 0 Å². The van der Waals surface area contributed by atoms with Crippen LogP contribution in [0.3, 0.4) is 0 Å². The summed E-state index contributed by atoms with van der Waals surface area (Å²) in [4.78, 5) is 33.2. The van der Waals surface area contributed by atoms with Crippen LogP contribution in [0.2, 0.25) is 0 Å². The summed E-state index contributed by atoms with van der Waals surface area (Å²) in [6.07, 6.45) is -0.669. The van der Waals surface area contributed by atoms with Crippen molar-refractivity contribution in [1.29, 1.82) is 0 Å². The lowest BCUT2D eigenvalue weighted by molar-refractivity contribution is -0.818. The third-order valence-corrected chi connectivity index (χ3v) is 4.03. The minimum atomic E-state index is -1.55. The second kappa shape index (κ2) is 3.55. The van der Waals surface area contributed by atoms with Gasteiger partial charge in [0.25, 0.3) is 0 Å². The first-order valence-corrected chi connectivity index (χ1v) is 5.69. The highest BCUT2D eigenvalue weighted by atomic mass is 16.7. The van der Waals surface area contributed by atoms with E-state index >= 15 is 0 Å². The molecule has 0 spiro atoms. The molecule has 4 bridgehead atoms. The molecule has 0 unspecified atom stereocenters. The Hall–Kier alpha value is -2.40. The number of nitro groups is 3. The summed E-state index contributed by atoms with van der Waals surface area (Å²) in [6, 6.07) is -1.43. The van der Waals surface area contributed by atoms with Crippen LogP contribution in [0.15, 0.2) is 0 Å². The molecule has 0 N–H and O–H groups in total. The fraction of sp³-hybridized carbons (Fsp3) is 1.00. The zero-order chi connectivity index (χ0) is 13.9. The van der Waals surface area contributed by atoms with E-state index in [0.717, 1.165) is 0 Å². The average molecular weight is 274 g/mol. The molecule has 12 heteroatoms. The molecular weight excluding hydrogens is 264 g/mol. The van der Waals surface area contributed by atoms with Gasteiger partial charge in [-0.1, -0.05) is 15.0 Å². The third kappa shape index (κ3) is 1.39. The van der Waals surface area contributed by atoms with Gasteiger partial charge in [-0.15, -0.1) is 0 Å². The van der Waals surface area contributed by atoms with Crippen LogP contribution in [-0.4, -0.2) is 54.5 Å². The van der Waals surface area contributed by atoms with Crippen molar-refractivity contribution in [2.24, 2.45) is 0 Å². The van der Waals surface area contributed by atoms with Crippen LogP contribution in [0.4, 0.5) is 0 Å². The van der Waals surface area contributed by atoms with Crippen molar-refractivity contribution in [1.82, 2.24) is 15.0 Å². The van der Waals surface area contributed by atoms with Gasteiger partial charge in [-0.25, -0.2) is 30.3 Å². The molecule has 3 heterocycles. The lowest BCUT2D eigenvalue weighted by Crippen LogP contribution is -2.80. The Bertz CT molecular complexity index is 398. The molecule has 19 heavy (non-hydrogen) atoms. The largest absolute Gasteiger partial charge is 0.343 e. The molecule has 3 saturated heterocycles. The molecule has 1 aliphatic carbocycles. The van der Waals surface area contributed by atoms with E-state index in [2.05, 4.69) is 0 Å². The SMILES string of the molecule is O=[N+]([O-])N1C2CC3CC(C2)N([N+](=O)[O-])C1N3[N+](=O)[O-]. The molecule has 0 aromatic rings. The summed E-state index contributed by atoms with van der Waals surface area (Å²) in [5.74, 6) is 0. The van der Waals surface area contributed by atoms with Gasteiger partial charge in [0.15, 0.2) is 15.1 Å². The maximum Gasteiger partial charge on any atom is 0.343 e. The number of nitrogens with zero attached hydrogens (tertiary/aromatic N) is 6. The third-order valence-electron chi connectivity index (χ3n) is 4.03. The van der Waals surface area contributed by atoms with Gasteiger partial charge >= 0.3 is 6.29 Å². The molecule has 1 saturated carbocycles. The van der Waals surface area contributed by atoms with Gasteiger partial charge in [0.2, 0.25) is 0 Å². The molecule has 12 nitrogen and oxygen atoms in total. The molecule has 4 aliphatic rings. The van der Waals surface area contributed by atoms with Crippen molar-refractivity contribution in [3.05, 3.63) is 30.3 Å². The quantitative estimate of drug-likeness (QED) is 0.471. The van der Waals surface area contributed by atoms with Gasteiger partial charge in [0, 0.05) is 0 Å². The van der Waals surface area contributed by atoms with Gasteiger partial charge in [0.1, 0.15) is 0 Å². The van der Waals surface area contributed by atoms with Crippen LogP contribution in [0, 0.1) is 30.3 Å². The van der Waals surface area contributed by atoms with Crippen LogP contribution in [-0.2, 0) is 0 Å². The number of rotatable bonds is 3. The van der Waals surface area contributed by atoms with E-state index in [1.807, 2.05) is 0 Å². The Labute approximate surface area is 105 Å². The first-order valence-electron chi connectivity index (χ1n) is 5.69. The Morgan fingerprint density at radius 3 is 1.16 bits per heavy atom.